The van der Waals surface area contributed by atoms with Gasteiger partial charge in [0.25, 0.3) is 0 Å². The first-order valence-electron chi connectivity index (χ1n) is 9.90. The predicted octanol–water partition coefficient (Wildman–Crippen LogP) is 1.79. The third-order valence-electron chi connectivity index (χ3n) is 6.42. The Labute approximate surface area is 163 Å². The summed E-state index contributed by atoms with van der Waals surface area (Å²) in [6.45, 7) is 2.93. The zero-order chi connectivity index (χ0) is 19.8. The summed E-state index contributed by atoms with van der Waals surface area (Å²) in [5.74, 6) is -0.526. The van der Waals surface area contributed by atoms with Crippen LogP contribution in [0.5, 0.6) is 0 Å². The van der Waals surface area contributed by atoms with E-state index in [1.54, 1.807) is 0 Å². The highest BCUT2D eigenvalue weighted by atomic mass is 19.1. The fraction of sp³-hybridized carbons (Fsp3) is 0.650. The molecular weight excluding hydrogens is 368 g/mol. The Bertz CT molecular complexity index is 760. The van der Waals surface area contributed by atoms with Crippen LogP contribution in [0.3, 0.4) is 0 Å². The van der Waals surface area contributed by atoms with Crippen LogP contribution in [0, 0.1) is 17.6 Å². The van der Waals surface area contributed by atoms with Gasteiger partial charge in [-0.3, -0.25) is 4.90 Å². The number of methoxy groups -OCH3 is 1. The molecule has 3 heterocycles. The van der Waals surface area contributed by atoms with Crippen molar-refractivity contribution >= 4 is 6.08 Å². The quantitative estimate of drug-likeness (QED) is 0.589. The van der Waals surface area contributed by atoms with Gasteiger partial charge in [0, 0.05) is 36.5 Å². The first kappa shape index (κ1) is 19.5. The van der Waals surface area contributed by atoms with Crippen LogP contribution in [0.4, 0.5) is 8.78 Å². The lowest BCUT2D eigenvalue weighted by molar-refractivity contribution is -0.594. The van der Waals surface area contributed by atoms with E-state index in [0.717, 1.165) is 44.6 Å². The highest BCUT2D eigenvalue weighted by Crippen LogP contribution is 2.35. The van der Waals surface area contributed by atoms with E-state index in [-0.39, 0.29) is 23.7 Å². The Kier molecular flexibility index (Phi) is 5.53. The summed E-state index contributed by atoms with van der Waals surface area (Å²) in [6, 6.07) is 3.31. The minimum absolute atomic E-state index is 0.0187. The van der Waals surface area contributed by atoms with Crippen LogP contribution < -0.4 is 5.73 Å². The standard InChI is InChI=1S/C20H27F2N3O3/c1-27-20(26)25-6-2-3-12-9-24(10-18(12)25)14-8-17(23)19(28-11-14)15-7-13(21)4-5-16(15)22/h4-5,7,12,14,17-19H,2-3,6,8-11,23H2,1H3/p+1/t12?,14-,17+,18?,19-/m1/s1. The number of likely N-dealkylation sites (tertiary alicyclic amines) is 1. The van der Waals surface area contributed by atoms with Crippen molar-refractivity contribution < 1.29 is 27.9 Å². The van der Waals surface area contributed by atoms with Gasteiger partial charge in [0.15, 0.2) is 6.04 Å². The van der Waals surface area contributed by atoms with Crippen LogP contribution >= 0.6 is 0 Å². The molecule has 3 aliphatic heterocycles. The molecule has 6 nitrogen and oxygen atoms in total. The molecule has 3 aliphatic rings. The number of rotatable bonds is 2. The molecule has 3 N–H and O–H groups in total. The zero-order valence-corrected chi connectivity index (χ0v) is 16.1. The number of fused-ring (bicyclic) bond motifs is 1. The minimum atomic E-state index is -0.640. The molecule has 0 radical (unpaired) electrons. The van der Waals surface area contributed by atoms with Crippen molar-refractivity contribution in [2.75, 3.05) is 33.4 Å². The van der Waals surface area contributed by atoms with Crippen molar-refractivity contribution in [3.8, 4) is 0 Å². The lowest BCUT2D eigenvalue weighted by Gasteiger charge is -2.38. The maximum Gasteiger partial charge on any atom is 0.546 e. The Morgan fingerprint density at radius 2 is 2.18 bits per heavy atom. The number of nitrogens with zero attached hydrogens (tertiary/aromatic N) is 2. The smallest absolute Gasteiger partial charge is 0.430 e. The number of hydrogen-bond acceptors (Lipinski definition) is 4. The topological polar surface area (TPSA) is 71.0 Å². The minimum Gasteiger partial charge on any atom is -0.430 e. The summed E-state index contributed by atoms with van der Waals surface area (Å²) in [4.78, 5) is 2.36. The fourth-order valence-corrected chi connectivity index (χ4v) is 5.02. The SMILES string of the molecule is COC(O)=[N+]1CCCC2CN([C@H]3CO[C@H](c4cc(F)ccc4F)[C@@H](N)C3)CC21. The van der Waals surface area contributed by atoms with Gasteiger partial charge < -0.3 is 20.3 Å². The Balaban J connectivity index is 1.44. The predicted molar refractivity (Wildman–Crippen MR) is 99.3 cm³/mol. The number of aliphatic hydroxyl groups is 1. The van der Waals surface area contributed by atoms with Crippen molar-refractivity contribution in [3.05, 3.63) is 35.4 Å². The lowest BCUT2D eigenvalue weighted by atomic mass is 9.93. The summed E-state index contributed by atoms with van der Waals surface area (Å²) in [6.07, 6.45) is 2.13. The summed E-state index contributed by atoms with van der Waals surface area (Å²) >= 11 is 0. The van der Waals surface area contributed by atoms with Crippen LogP contribution in [0.15, 0.2) is 18.2 Å². The maximum atomic E-state index is 14.1. The molecule has 0 saturated carbocycles. The molecule has 0 spiro atoms. The van der Waals surface area contributed by atoms with Crippen LogP contribution in [0.25, 0.3) is 0 Å². The second-order valence-corrected chi connectivity index (χ2v) is 8.08. The van der Waals surface area contributed by atoms with Gasteiger partial charge in [0.2, 0.25) is 0 Å². The van der Waals surface area contributed by atoms with Gasteiger partial charge in [-0.05, 0) is 31.0 Å². The third-order valence-corrected chi connectivity index (χ3v) is 6.42. The van der Waals surface area contributed by atoms with E-state index >= 15 is 0 Å². The summed E-state index contributed by atoms with van der Waals surface area (Å²) in [7, 11) is 1.48. The summed E-state index contributed by atoms with van der Waals surface area (Å²) in [5, 5.41) is 10.1. The average molecular weight is 396 g/mol. The van der Waals surface area contributed by atoms with Gasteiger partial charge in [0.1, 0.15) is 24.3 Å². The van der Waals surface area contributed by atoms with E-state index in [4.69, 9.17) is 15.2 Å². The first-order chi connectivity index (χ1) is 13.5. The lowest BCUT2D eigenvalue weighted by Crippen LogP contribution is -2.49. The molecule has 8 heteroatoms. The van der Waals surface area contributed by atoms with E-state index in [1.807, 2.05) is 4.58 Å². The van der Waals surface area contributed by atoms with Crippen molar-refractivity contribution in [1.82, 2.24) is 4.90 Å². The van der Waals surface area contributed by atoms with Gasteiger partial charge in [0.05, 0.1) is 20.3 Å². The largest absolute Gasteiger partial charge is 0.546 e. The maximum absolute atomic E-state index is 14.1. The number of halogens is 2. The molecule has 0 amide bonds. The molecule has 3 fully saturated rings. The molecule has 2 unspecified atom stereocenters. The highest BCUT2D eigenvalue weighted by molar-refractivity contribution is 5.58. The highest BCUT2D eigenvalue weighted by Gasteiger charge is 2.47. The molecule has 0 aromatic heterocycles. The van der Waals surface area contributed by atoms with E-state index in [0.29, 0.717) is 18.9 Å². The third kappa shape index (κ3) is 3.60. The van der Waals surface area contributed by atoms with Crippen molar-refractivity contribution in [2.45, 2.75) is 43.5 Å². The van der Waals surface area contributed by atoms with Gasteiger partial charge in [-0.15, -0.1) is 0 Å². The summed E-state index contributed by atoms with van der Waals surface area (Å²) < 4.78 is 40.6. The second-order valence-electron chi connectivity index (χ2n) is 8.08. The molecule has 5 atom stereocenters. The fourth-order valence-electron chi connectivity index (χ4n) is 5.02. The monoisotopic (exact) mass is 396 g/mol. The van der Waals surface area contributed by atoms with Gasteiger partial charge in [-0.25, -0.2) is 8.78 Å². The van der Waals surface area contributed by atoms with Gasteiger partial charge in [-0.1, -0.05) is 0 Å². The van der Waals surface area contributed by atoms with Crippen molar-refractivity contribution in [2.24, 2.45) is 11.7 Å². The normalized spacial score (nSPS) is 35.5. The Morgan fingerprint density at radius 3 is 2.93 bits per heavy atom. The summed E-state index contributed by atoms with van der Waals surface area (Å²) in [5.41, 5.74) is 6.50. The number of piperidine rings is 1. The molecule has 154 valence electrons. The number of hydrogen-bond donors (Lipinski definition) is 2. The molecule has 1 aromatic rings. The molecule has 3 saturated heterocycles. The molecular formula is C20H28F2N3O3+. The van der Waals surface area contributed by atoms with Gasteiger partial charge in [-0.2, -0.15) is 4.58 Å². The second kappa shape index (κ2) is 7.93. The molecule has 0 aliphatic carbocycles. The molecule has 0 bridgehead atoms. The number of aliphatic hydroxyl groups excluding tert-OH is 1. The van der Waals surface area contributed by atoms with E-state index in [2.05, 4.69) is 4.90 Å². The van der Waals surface area contributed by atoms with Crippen molar-refractivity contribution in [1.29, 1.82) is 0 Å². The number of nitrogens with two attached hydrogens (primary N) is 1. The molecule has 4 rings (SSSR count). The average Bonchev–Trinajstić information content (AvgIpc) is 3.13. The van der Waals surface area contributed by atoms with E-state index in [9.17, 15) is 13.9 Å². The first-order valence-corrected chi connectivity index (χ1v) is 9.90. The Hall–Kier alpha value is -1.77. The van der Waals surface area contributed by atoms with Crippen molar-refractivity contribution in [3.63, 3.8) is 0 Å². The zero-order valence-electron chi connectivity index (χ0n) is 16.1. The van der Waals surface area contributed by atoms with Gasteiger partial charge >= 0.3 is 6.08 Å². The molecule has 28 heavy (non-hydrogen) atoms. The Morgan fingerprint density at radius 1 is 1.36 bits per heavy atom. The van der Waals surface area contributed by atoms with Crippen LogP contribution in [0.2, 0.25) is 0 Å². The number of benzene rings is 1. The van der Waals surface area contributed by atoms with E-state index < -0.39 is 23.8 Å². The molecule has 1 aromatic carbocycles. The van der Waals surface area contributed by atoms with E-state index in [1.165, 1.54) is 13.2 Å². The number of ether oxygens (including phenoxy) is 2. The van der Waals surface area contributed by atoms with Crippen LogP contribution in [-0.4, -0.2) is 72.1 Å². The van der Waals surface area contributed by atoms with Crippen LogP contribution in [-0.2, 0) is 9.47 Å². The van der Waals surface area contributed by atoms with Crippen LogP contribution in [0.1, 0.15) is 30.9 Å².